The molecule has 1 atom stereocenters. The molecule has 0 radical (unpaired) electrons. The predicted molar refractivity (Wildman–Crippen MR) is 86.7 cm³/mol. The van der Waals surface area contributed by atoms with E-state index in [0.29, 0.717) is 29.8 Å². The molecule has 0 saturated carbocycles. The van der Waals surface area contributed by atoms with Crippen molar-refractivity contribution in [1.29, 1.82) is 0 Å². The summed E-state index contributed by atoms with van der Waals surface area (Å²) in [5.74, 6) is -1.90. The fraction of sp³-hybridized carbons (Fsp3) is 0.353. The van der Waals surface area contributed by atoms with Crippen LogP contribution in [0.15, 0.2) is 30.5 Å². The highest BCUT2D eigenvalue weighted by molar-refractivity contribution is 5.97. The Morgan fingerprint density at radius 2 is 2.00 bits per heavy atom. The largest absolute Gasteiger partial charge is 0.480 e. The van der Waals surface area contributed by atoms with E-state index >= 15 is 0 Å². The second-order valence-electron chi connectivity index (χ2n) is 5.54. The number of unbranched alkanes of at least 4 members (excludes halogenated alkanes) is 1. The van der Waals surface area contributed by atoms with Crippen LogP contribution in [-0.2, 0) is 4.79 Å². The first-order valence-electron chi connectivity index (χ1n) is 7.78. The molecular weight excluding hydrogens is 313 g/mol. The summed E-state index contributed by atoms with van der Waals surface area (Å²) in [5.41, 5.74) is 1.47. The second-order valence-corrected chi connectivity index (χ2v) is 5.54. The van der Waals surface area contributed by atoms with Crippen molar-refractivity contribution >= 4 is 11.9 Å². The Morgan fingerprint density at radius 1 is 1.33 bits per heavy atom. The topological polar surface area (TPSA) is 84.2 Å². The lowest BCUT2D eigenvalue weighted by Crippen LogP contribution is -2.40. The average Bonchev–Trinajstić information content (AvgIpc) is 2.93. The molecule has 0 aliphatic carbocycles. The first-order valence-corrected chi connectivity index (χ1v) is 7.78. The van der Waals surface area contributed by atoms with Crippen LogP contribution in [0.25, 0.3) is 5.69 Å². The van der Waals surface area contributed by atoms with E-state index in [1.165, 1.54) is 23.0 Å². The van der Waals surface area contributed by atoms with E-state index in [0.717, 1.165) is 6.42 Å². The van der Waals surface area contributed by atoms with Gasteiger partial charge in [-0.1, -0.05) is 19.8 Å². The number of rotatable bonds is 7. The van der Waals surface area contributed by atoms with Crippen molar-refractivity contribution < 1.29 is 19.1 Å². The normalized spacial score (nSPS) is 12.0. The third kappa shape index (κ3) is 3.98. The number of aliphatic carboxylic acids is 1. The van der Waals surface area contributed by atoms with Crippen molar-refractivity contribution in [3.8, 4) is 5.69 Å². The Kier molecular flexibility index (Phi) is 5.68. The Labute approximate surface area is 139 Å². The van der Waals surface area contributed by atoms with Gasteiger partial charge in [0.15, 0.2) is 0 Å². The van der Waals surface area contributed by atoms with Gasteiger partial charge in [0.25, 0.3) is 5.91 Å². The van der Waals surface area contributed by atoms with E-state index in [1.54, 1.807) is 19.1 Å². The van der Waals surface area contributed by atoms with Crippen LogP contribution in [0, 0.1) is 12.7 Å². The Morgan fingerprint density at radius 3 is 2.58 bits per heavy atom. The number of aromatic nitrogens is 2. The number of carbonyl (C=O) groups excluding carboxylic acids is 1. The summed E-state index contributed by atoms with van der Waals surface area (Å²) in [4.78, 5) is 23.6. The fourth-order valence-corrected chi connectivity index (χ4v) is 2.38. The SMILES string of the molecule is CCCCC(NC(=O)c1cnn(-c2ccc(F)cc2)c1C)C(=O)O. The van der Waals surface area contributed by atoms with Crippen molar-refractivity contribution in [2.75, 3.05) is 0 Å². The number of nitrogens with zero attached hydrogens (tertiary/aromatic N) is 2. The lowest BCUT2D eigenvalue weighted by molar-refractivity contribution is -0.139. The van der Waals surface area contributed by atoms with Crippen molar-refractivity contribution in [2.45, 2.75) is 39.2 Å². The minimum absolute atomic E-state index is 0.294. The number of hydrogen-bond acceptors (Lipinski definition) is 3. The molecule has 0 bridgehead atoms. The molecule has 1 unspecified atom stereocenters. The van der Waals surface area contributed by atoms with Gasteiger partial charge in [-0.3, -0.25) is 4.79 Å². The number of benzene rings is 1. The van der Waals surface area contributed by atoms with Gasteiger partial charge in [-0.05, 0) is 37.6 Å². The number of carboxylic acids is 1. The first kappa shape index (κ1) is 17.7. The zero-order valence-corrected chi connectivity index (χ0v) is 13.6. The molecule has 0 fully saturated rings. The number of amides is 1. The molecule has 0 saturated heterocycles. The smallest absolute Gasteiger partial charge is 0.326 e. The maximum Gasteiger partial charge on any atom is 0.326 e. The molecule has 7 heteroatoms. The fourth-order valence-electron chi connectivity index (χ4n) is 2.38. The van der Waals surface area contributed by atoms with E-state index in [1.807, 2.05) is 6.92 Å². The van der Waals surface area contributed by atoms with Gasteiger partial charge in [0.1, 0.15) is 11.9 Å². The molecule has 0 aliphatic heterocycles. The predicted octanol–water partition coefficient (Wildman–Crippen LogP) is 2.69. The van der Waals surface area contributed by atoms with Gasteiger partial charge in [-0.2, -0.15) is 5.10 Å². The highest BCUT2D eigenvalue weighted by Gasteiger charge is 2.22. The zero-order valence-electron chi connectivity index (χ0n) is 13.6. The van der Waals surface area contributed by atoms with Crippen LogP contribution in [0.5, 0.6) is 0 Å². The quantitative estimate of drug-likeness (QED) is 0.816. The molecule has 2 N–H and O–H groups in total. The summed E-state index contributed by atoms with van der Waals surface area (Å²) in [7, 11) is 0. The van der Waals surface area contributed by atoms with Crippen LogP contribution in [0.2, 0.25) is 0 Å². The van der Waals surface area contributed by atoms with Crippen molar-refractivity contribution in [2.24, 2.45) is 0 Å². The lowest BCUT2D eigenvalue weighted by atomic mass is 10.1. The van der Waals surface area contributed by atoms with Gasteiger partial charge >= 0.3 is 5.97 Å². The number of hydrogen-bond donors (Lipinski definition) is 2. The Hall–Kier alpha value is -2.70. The molecule has 1 aromatic carbocycles. The number of carboxylic acid groups (broad SMARTS) is 1. The standard InChI is InChI=1S/C17H20FN3O3/c1-3-4-5-15(17(23)24)20-16(22)14-10-19-21(11(14)2)13-8-6-12(18)7-9-13/h6-10,15H,3-5H2,1-2H3,(H,20,22)(H,23,24). The molecule has 128 valence electrons. The van der Waals surface area contributed by atoms with E-state index in [-0.39, 0.29) is 5.82 Å². The number of carbonyl (C=O) groups is 2. The average molecular weight is 333 g/mol. The summed E-state index contributed by atoms with van der Waals surface area (Å²) in [6.45, 7) is 3.66. The molecule has 2 rings (SSSR count). The molecule has 1 amide bonds. The second kappa shape index (κ2) is 7.72. The molecule has 24 heavy (non-hydrogen) atoms. The van der Waals surface area contributed by atoms with Crippen LogP contribution in [0.3, 0.4) is 0 Å². The van der Waals surface area contributed by atoms with Crippen LogP contribution < -0.4 is 5.32 Å². The molecule has 0 spiro atoms. The molecule has 2 aromatic rings. The highest BCUT2D eigenvalue weighted by Crippen LogP contribution is 2.15. The van der Waals surface area contributed by atoms with Crippen LogP contribution >= 0.6 is 0 Å². The van der Waals surface area contributed by atoms with Gasteiger partial charge in [0.05, 0.1) is 23.1 Å². The van der Waals surface area contributed by atoms with E-state index < -0.39 is 17.9 Å². The van der Waals surface area contributed by atoms with Crippen LogP contribution in [-0.4, -0.2) is 32.8 Å². The van der Waals surface area contributed by atoms with E-state index in [9.17, 15) is 19.1 Å². The van der Waals surface area contributed by atoms with Gasteiger partial charge < -0.3 is 10.4 Å². The molecular formula is C17H20FN3O3. The van der Waals surface area contributed by atoms with Gasteiger partial charge in [0.2, 0.25) is 0 Å². The Balaban J connectivity index is 2.18. The summed E-state index contributed by atoms with van der Waals surface area (Å²) in [5, 5.41) is 15.9. The number of halogens is 1. The zero-order chi connectivity index (χ0) is 17.7. The molecule has 1 heterocycles. The third-order valence-electron chi connectivity index (χ3n) is 3.78. The highest BCUT2D eigenvalue weighted by atomic mass is 19.1. The van der Waals surface area contributed by atoms with Crippen molar-refractivity contribution in [3.63, 3.8) is 0 Å². The summed E-state index contributed by atoms with van der Waals surface area (Å²) >= 11 is 0. The van der Waals surface area contributed by atoms with Gasteiger partial charge in [-0.25, -0.2) is 13.9 Å². The maximum absolute atomic E-state index is 13.0. The monoisotopic (exact) mass is 333 g/mol. The number of nitrogens with one attached hydrogen (secondary N) is 1. The Bertz CT molecular complexity index is 725. The minimum Gasteiger partial charge on any atom is -0.480 e. The van der Waals surface area contributed by atoms with E-state index in [2.05, 4.69) is 10.4 Å². The van der Waals surface area contributed by atoms with E-state index in [4.69, 9.17) is 0 Å². The third-order valence-corrected chi connectivity index (χ3v) is 3.78. The van der Waals surface area contributed by atoms with Gasteiger partial charge in [-0.15, -0.1) is 0 Å². The maximum atomic E-state index is 13.0. The molecule has 0 aliphatic rings. The first-order chi connectivity index (χ1) is 11.4. The lowest BCUT2D eigenvalue weighted by Gasteiger charge is -2.14. The molecule has 6 nitrogen and oxygen atoms in total. The summed E-state index contributed by atoms with van der Waals surface area (Å²) in [6, 6.07) is 4.80. The van der Waals surface area contributed by atoms with Gasteiger partial charge in [0, 0.05) is 0 Å². The minimum atomic E-state index is -1.06. The van der Waals surface area contributed by atoms with Crippen molar-refractivity contribution in [3.05, 3.63) is 47.5 Å². The van der Waals surface area contributed by atoms with Crippen LogP contribution in [0.1, 0.15) is 42.2 Å². The molecule has 1 aromatic heterocycles. The summed E-state index contributed by atoms with van der Waals surface area (Å²) in [6.07, 6.45) is 3.32. The van der Waals surface area contributed by atoms with Crippen molar-refractivity contribution in [1.82, 2.24) is 15.1 Å². The summed E-state index contributed by atoms with van der Waals surface area (Å²) < 4.78 is 14.5. The van der Waals surface area contributed by atoms with Crippen LogP contribution in [0.4, 0.5) is 4.39 Å².